The van der Waals surface area contributed by atoms with Crippen LogP contribution in [0.3, 0.4) is 0 Å². The third-order valence-corrected chi connectivity index (χ3v) is 4.95. The molecule has 31 heavy (non-hydrogen) atoms. The second kappa shape index (κ2) is 7.66. The van der Waals surface area contributed by atoms with E-state index in [1.807, 2.05) is 30.3 Å². The highest BCUT2D eigenvalue weighted by Crippen LogP contribution is 2.33. The second-order valence-electron chi connectivity index (χ2n) is 6.65. The van der Waals surface area contributed by atoms with Crippen molar-refractivity contribution in [2.75, 3.05) is 5.73 Å². The van der Waals surface area contributed by atoms with Crippen LogP contribution >= 0.6 is 11.6 Å². The summed E-state index contributed by atoms with van der Waals surface area (Å²) in [4.78, 5) is 11.7. The molecule has 0 saturated heterocycles. The first-order valence-electron chi connectivity index (χ1n) is 9.26. The lowest BCUT2D eigenvalue weighted by molar-refractivity contribution is 0.582. The quantitative estimate of drug-likeness (QED) is 0.402. The number of hydrogen-bond donors (Lipinski definition) is 2. The van der Waals surface area contributed by atoms with E-state index in [9.17, 15) is 4.39 Å². The Morgan fingerprint density at radius 1 is 0.903 bits per heavy atom. The zero-order valence-electron chi connectivity index (χ0n) is 15.9. The van der Waals surface area contributed by atoms with E-state index in [-0.39, 0.29) is 22.2 Å². The van der Waals surface area contributed by atoms with Crippen molar-refractivity contribution in [2.45, 2.75) is 0 Å². The molecule has 3 aromatic heterocycles. The largest absolute Gasteiger partial charge is 0.415 e. The molecule has 0 aliphatic heterocycles. The molecule has 7 nitrogen and oxygen atoms in total. The van der Waals surface area contributed by atoms with E-state index in [1.165, 1.54) is 12.1 Å². The second-order valence-corrected chi connectivity index (χ2v) is 7.06. The Morgan fingerprint density at radius 2 is 1.71 bits per heavy atom. The number of nitrogens with zero attached hydrogens (tertiary/aromatic N) is 4. The summed E-state index contributed by atoms with van der Waals surface area (Å²) in [7, 11) is 0. The highest BCUT2D eigenvalue weighted by Gasteiger charge is 2.18. The summed E-state index contributed by atoms with van der Waals surface area (Å²) in [5.41, 5.74) is 8.63. The predicted octanol–water partition coefficient (Wildman–Crippen LogP) is 5.23. The van der Waals surface area contributed by atoms with Crippen LogP contribution in [0.1, 0.15) is 0 Å². The van der Waals surface area contributed by atoms with Crippen LogP contribution in [0, 0.1) is 5.82 Å². The smallest absolute Gasteiger partial charge is 0.266 e. The number of H-pyrrole nitrogens is 1. The average Bonchev–Trinajstić information content (AvgIpc) is 3.42. The summed E-state index contributed by atoms with van der Waals surface area (Å²) >= 11 is 6.13. The Bertz CT molecular complexity index is 1340. The van der Waals surface area contributed by atoms with E-state index in [2.05, 4.69) is 25.1 Å². The Balaban J connectivity index is 1.45. The number of imidazole rings is 1. The third-order valence-electron chi connectivity index (χ3n) is 4.63. The van der Waals surface area contributed by atoms with Crippen molar-refractivity contribution >= 4 is 17.4 Å². The average molecular weight is 433 g/mol. The molecule has 0 bridgehead atoms. The first-order valence-corrected chi connectivity index (χ1v) is 9.63. The highest BCUT2D eigenvalue weighted by molar-refractivity contribution is 6.33. The number of benzene rings is 2. The SMILES string of the molecule is Nc1[nH]c(-c2c(F)cccc2Cl)nc1-c1ccc(-c2nnc(-c3ccccc3)o2)nc1. The molecule has 5 aromatic rings. The summed E-state index contributed by atoms with van der Waals surface area (Å²) in [6.45, 7) is 0. The minimum atomic E-state index is -0.494. The van der Waals surface area contributed by atoms with Gasteiger partial charge in [-0.2, -0.15) is 0 Å². The van der Waals surface area contributed by atoms with Crippen LogP contribution in [-0.4, -0.2) is 25.1 Å². The lowest BCUT2D eigenvalue weighted by atomic mass is 10.2. The molecular formula is C22H14ClFN6O. The topological polar surface area (TPSA) is 107 Å². The minimum absolute atomic E-state index is 0.158. The van der Waals surface area contributed by atoms with Crippen LogP contribution in [0.4, 0.5) is 10.2 Å². The lowest BCUT2D eigenvalue weighted by Crippen LogP contribution is -1.90. The number of nitrogens with one attached hydrogen (secondary N) is 1. The summed E-state index contributed by atoms with van der Waals surface area (Å²) < 4.78 is 19.9. The fourth-order valence-corrected chi connectivity index (χ4v) is 3.39. The molecule has 2 aromatic carbocycles. The standard InChI is InChI=1S/C22H14ClFN6O/c23-14-7-4-8-15(24)17(14)20-27-18(19(25)28-20)13-9-10-16(26-11-13)22-30-29-21(31-22)12-5-2-1-3-6-12/h1-11H,25H2,(H,27,28). The maximum atomic E-state index is 14.2. The molecule has 5 rings (SSSR count). The first kappa shape index (κ1) is 19.0. The van der Waals surface area contributed by atoms with Gasteiger partial charge in [0, 0.05) is 17.3 Å². The Labute approximate surface area is 180 Å². The number of halogens is 2. The van der Waals surface area contributed by atoms with Gasteiger partial charge >= 0.3 is 0 Å². The molecule has 3 heterocycles. The van der Waals surface area contributed by atoms with E-state index in [4.69, 9.17) is 21.8 Å². The number of pyridine rings is 1. The van der Waals surface area contributed by atoms with Crippen molar-refractivity contribution in [3.05, 3.63) is 77.7 Å². The van der Waals surface area contributed by atoms with Gasteiger partial charge in [0.15, 0.2) is 0 Å². The van der Waals surface area contributed by atoms with Gasteiger partial charge in [-0.15, -0.1) is 10.2 Å². The molecule has 152 valence electrons. The van der Waals surface area contributed by atoms with Crippen LogP contribution in [0.25, 0.3) is 45.7 Å². The summed E-state index contributed by atoms with van der Waals surface area (Å²) in [5, 5.41) is 8.37. The summed E-state index contributed by atoms with van der Waals surface area (Å²) in [6, 6.07) is 17.4. The van der Waals surface area contributed by atoms with Gasteiger partial charge in [0.2, 0.25) is 5.89 Å². The van der Waals surface area contributed by atoms with Crippen molar-refractivity contribution in [3.8, 4) is 45.7 Å². The van der Waals surface area contributed by atoms with Gasteiger partial charge in [-0.25, -0.2) is 9.37 Å². The molecule has 0 unspecified atom stereocenters. The molecule has 3 N–H and O–H groups in total. The number of anilines is 1. The molecule has 0 aliphatic carbocycles. The fraction of sp³-hybridized carbons (Fsp3) is 0. The van der Waals surface area contributed by atoms with E-state index < -0.39 is 5.82 Å². The zero-order valence-corrected chi connectivity index (χ0v) is 16.6. The van der Waals surface area contributed by atoms with Gasteiger partial charge in [0.1, 0.15) is 28.8 Å². The van der Waals surface area contributed by atoms with Crippen LogP contribution in [-0.2, 0) is 0 Å². The number of aromatic amines is 1. The maximum Gasteiger partial charge on any atom is 0.266 e. The normalized spacial score (nSPS) is 11.0. The van der Waals surface area contributed by atoms with Crippen LogP contribution in [0.5, 0.6) is 0 Å². The van der Waals surface area contributed by atoms with Crippen LogP contribution in [0.2, 0.25) is 5.02 Å². The van der Waals surface area contributed by atoms with Crippen LogP contribution < -0.4 is 5.73 Å². The summed E-state index contributed by atoms with van der Waals surface area (Å²) in [6.07, 6.45) is 1.58. The lowest BCUT2D eigenvalue weighted by Gasteiger charge is -2.01. The van der Waals surface area contributed by atoms with Crippen molar-refractivity contribution < 1.29 is 8.81 Å². The molecule has 0 spiro atoms. The molecule has 0 saturated carbocycles. The van der Waals surface area contributed by atoms with Gasteiger partial charge in [-0.3, -0.25) is 4.98 Å². The molecular weight excluding hydrogens is 419 g/mol. The molecule has 9 heteroatoms. The third kappa shape index (κ3) is 3.53. The molecule has 0 amide bonds. The molecule has 0 radical (unpaired) electrons. The predicted molar refractivity (Wildman–Crippen MR) is 115 cm³/mol. The Hall–Kier alpha value is -4.04. The van der Waals surface area contributed by atoms with E-state index in [0.717, 1.165) is 5.56 Å². The van der Waals surface area contributed by atoms with Gasteiger partial charge in [-0.1, -0.05) is 35.9 Å². The molecule has 0 atom stereocenters. The van der Waals surface area contributed by atoms with E-state index >= 15 is 0 Å². The van der Waals surface area contributed by atoms with Gasteiger partial charge < -0.3 is 15.1 Å². The first-order chi connectivity index (χ1) is 15.1. The number of nitrogens with two attached hydrogens (primary N) is 1. The summed E-state index contributed by atoms with van der Waals surface area (Å²) in [5.74, 6) is 0.715. The van der Waals surface area contributed by atoms with Crippen molar-refractivity contribution in [2.24, 2.45) is 0 Å². The zero-order chi connectivity index (χ0) is 21.4. The molecule has 0 fully saturated rings. The highest BCUT2D eigenvalue weighted by atomic mass is 35.5. The van der Waals surface area contributed by atoms with Crippen molar-refractivity contribution in [1.82, 2.24) is 25.1 Å². The van der Waals surface area contributed by atoms with E-state index in [1.54, 1.807) is 24.4 Å². The number of nitrogen functional groups attached to an aromatic ring is 1. The number of aromatic nitrogens is 5. The number of hydrogen-bond acceptors (Lipinski definition) is 6. The van der Waals surface area contributed by atoms with Crippen LogP contribution in [0.15, 0.2) is 71.3 Å². The van der Waals surface area contributed by atoms with Gasteiger partial charge in [-0.05, 0) is 36.4 Å². The Kier molecular flexibility index (Phi) is 4.68. The maximum absolute atomic E-state index is 14.2. The van der Waals surface area contributed by atoms with E-state index in [0.29, 0.717) is 28.7 Å². The number of rotatable bonds is 4. The monoisotopic (exact) mass is 432 g/mol. The minimum Gasteiger partial charge on any atom is -0.415 e. The molecule has 0 aliphatic rings. The van der Waals surface area contributed by atoms with Crippen molar-refractivity contribution in [1.29, 1.82) is 0 Å². The van der Waals surface area contributed by atoms with Gasteiger partial charge in [0.25, 0.3) is 5.89 Å². The Morgan fingerprint density at radius 3 is 2.45 bits per heavy atom. The fourth-order valence-electron chi connectivity index (χ4n) is 3.13. The van der Waals surface area contributed by atoms with Gasteiger partial charge in [0.05, 0.1) is 10.6 Å². The van der Waals surface area contributed by atoms with Crippen molar-refractivity contribution in [3.63, 3.8) is 0 Å².